The van der Waals surface area contributed by atoms with E-state index in [2.05, 4.69) is 37.0 Å². The third kappa shape index (κ3) is 1.64. The van der Waals surface area contributed by atoms with E-state index >= 15 is 0 Å². The first-order valence-corrected chi connectivity index (χ1v) is 7.27. The van der Waals surface area contributed by atoms with Crippen molar-refractivity contribution in [1.82, 2.24) is 0 Å². The molecule has 16 heavy (non-hydrogen) atoms. The Hall–Kier alpha value is -0.610. The number of hydrogen-bond donors (Lipinski definition) is 0. The van der Waals surface area contributed by atoms with Gasteiger partial charge in [0, 0.05) is 0 Å². The molecule has 0 amide bonds. The summed E-state index contributed by atoms with van der Waals surface area (Å²) in [6.07, 6.45) is 7.04. The van der Waals surface area contributed by atoms with Crippen molar-refractivity contribution in [3.8, 4) is 0 Å². The summed E-state index contributed by atoms with van der Waals surface area (Å²) >= 11 is 0. The molecule has 1 aromatic carbocycles. The van der Waals surface area contributed by atoms with Gasteiger partial charge >= 0.3 is 0 Å². The van der Waals surface area contributed by atoms with E-state index in [9.17, 15) is 0 Å². The topological polar surface area (TPSA) is 0 Å². The van der Waals surface area contributed by atoms with Crippen LogP contribution in [-0.2, 0) is 0 Å². The maximum absolute atomic E-state index is 2.48. The highest BCUT2D eigenvalue weighted by atomic mass is 31.1. The average Bonchev–Trinajstić information content (AvgIpc) is 2.74. The molecule has 0 unspecified atom stereocenters. The highest BCUT2D eigenvalue weighted by molar-refractivity contribution is 7.58. The third-order valence-electron chi connectivity index (χ3n) is 4.08. The summed E-state index contributed by atoms with van der Waals surface area (Å²) in [5, 5.41) is 4.65. The summed E-state index contributed by atoms with van der Waals surface area (Å²) in [5.41, 5.74) is 0.475. The minimum absolute atomic E-state index is 0.475. The Morgan fingerprint density at radius 1 is 1.06 bits per heavy atom. The number of benzene rings is 1. The molecule has 1 aromatic rings. The van der Waals surface area contributed by atoms with Gasteiger partial charge in [0.1, 0.15) is 0 Å². The maximum atomic E-state index is 2.48. The number of fused-ring (bicyclic) bond motifs is 1. The van der Waals surface area contributed by atoms with Crippen LogP contribution in [-0.4, -0.2) is 0 Å². The zero-order valence-corrected chi connectivity index (χ0v) is 10.8. The molecule has 1 heteroatoms. The molecule has 1 aliphatic carbocycles. The second kappa shape index (κ2) is 4.00. The maximum Gasteiger partial charge on any atom is -0.00582 e. The molecule has 1 saturated carbocycles. The van der Waals surface area contributed by atoms with Crippen molar-refractivity contribution in [3.63, 3.8) is 0 Å². The van der Waals surface area contributed by atoms with Gasteiger partial charge in [0.05, 0.1) is 0 Å². The van der Waals surface area contributed by atoms with E-state index in [1.165, 1.54) is 51.1 Å². The molecule has 0 spiro atoms. The monoisotopic (exact) mass is 229 g/mol. The van der Waals surface area contributed by atoms with E-state index in [0.717, 1.165) is 0 Å². The molecule has 0 aromatic heterocycles. The lowest BCUT2D eigenvalue weighted by molar-refractivity contribution is 0.303. The largest absolute Gasteiger partial charge is 0.0616 e. The van der Waals surface area contributed by atoms with Gasteiger partial charge in [-0.1, -0.05) is 50.5 Å². The Labute approximate surface area is 99.2 Å². The smallest absolute Gasteiger partial charge is 0.00582 e. The van der Waals surface area contributed by atoms with Crippen LogP contribution in [0.15, 0.2) is 24.3 Å². The quantitative estimate of drug-likeness (QED) is 0.647. The molecule has 0 bridgehead atoms. The minimum Gasteiger partial charge on any atom is -0.0616 e. The zero-order chi connectivity index (χ0) is 11.0. The predicted molar refractivity (Wildman–Crippen MR) is 71.7 cm³/mol. The summed E-state index contributed by atoms with van der Waals surface area (Å²) < 4.78 is 0. The van der Waals surface area contributed by atoms with Crippen LogP contribution in [0.4, 0.5) is 0 Å². The first-order chi connectivity index (χ1) is 7.80. The summed E-state index contributed by atoms with van der Waals surface area (Å²) in [6.45, 7) is 2.48. The van der Waals surface area contributed by atoms with Crippen LogP contribution in [0.1, 0.15) is 39.0 Å². The highest BCUT2D eigenvalue weighted by Crippen LogP contribution is 2.50. The van der Waals surface area contributed by atoms with Gasteiger partial charge in [0.25, 0.3) is 0 Å². The molecule has 1 radical (unpaired) electrons. The van der Waals surface area contributed by atoms with E-state index in [4.69, 9.17) is 0 Å². The van der Waals surface area contributed by atoms with E-state index in [1.54, 1.807) is 5.31 Å². The number of rotatable bonds is 1. The van der Waals surface area contributed by atoms with Crippen molar-refractivity contribution in [2.24, 2.45) is 5.41 Å². The van der Waals surface area contributed by atoms with Gasteiger partial charge in [-0.2, -0.15) is 0 Å². The lowest BCUT2D eigenvalue weighted by Gasteiger charge is -2.35. The van der Waals surface area contributed by atoms with Crippen molar-refractivity contribution >= 4 is 19.7 Å². The molecule has 1 aliphatic heterocycles. The Kier molecular flexibility index (Phi) is 2.64. The predicted octanol–water partition coefficient (Wildman–Crippen LogP) is 3.46. The summed E-state index contributed by atoms with van der Waals surface area (Å²) in [7, 11) is 1.45. The fraction of sp³-hybridized carbons (Fsp3) is 0.467. The lowest BCUT2D eigenvalue weighted by Crippen LogP contribution is -2.29. The second-order valence-corrected chi connectivity index (χ2v) is 6.28. The summed E-state index contributed by atoms with van der Waals surface area (Å²) in [4.78, 5) is 0. The van der Waals surface area contributed by atoms with Gasteiger partial charge in [-0.25, -0.2) is 0 Å². The molecule has 83 valence electrons. The third-order valence-corrected chi connectivity index (χ3v) is 5.52. The number of hydrogen-bond acceptors (Lipinski definition) is 0. The first-order valence-electron chi connectivity index (χ1n) is 6.30. The van der Waals surface area contributed by atoms with Crippen molar-refractivity contribution in [2.75, 3.05) is 0 Å². The van der Waals surface area contributed by atoms with E-state index < -0.39 is 0 Å². The first kappa shape index (κ1) is 10.5. The molecular formula is C15H18P. The van der Waals surface area contributed by atoms with Crippen LogP contribution in [0.2, 0.25) is 0 Å². The minimum atomic E-state index is 0.475. The Morgan fingerprint density at radius 2 is 1.81 bits per heavy atom. The average molecular weight is 229 g/mol. The second-order valence-electron chi connectivity index (χ2n) is 5.32. The highest BCUT2D eigenvalue weighted by Gasteiger charge is 2.32. The van der Waals surface area contributed by atoms with Crippen molar-refractivity contribution in [3.05, 3.63) is 34.7 Å². The van der Waals surface area contributed by atoms with Crippen molar-refractivity contribution < 1.29 is 0 Å². The molecule has 0 saturated heterocycles. The molecule has 3 rings (SSSR count). The fourth-order valence-corrected chi connectivity index (χ4v) is 4.45. The SMILES string of the molecule is CC1(C2=c3ccccc3=C[P]2)CCCCC1. The Bertz CT molecular complexity index is 506. The molecule has 0 atom stereocenters. The summed E-state index contributed by atoms with van der Waals surface area (Å²) in [6, 6.07) is 8.89. The van der Waals surface area contributed by atoms with E-state index in [0.29, 0.717) is 5.41 Å². The van der Waals surface area contributed by atoms with Gasteiger partial charge in [0.15, 0.2) is 0 Å². The van der Waals surface area contributed by atoms with Gasteiger partial charge < -0.3 is 0 Å². The van der Waals surface area contributed by atoms with Crippen LogP contribution >= 0.6 is 8.58 Å². The molecule has 0 nitrogen and oxygen atoms in total. The molecular weight excluding hydrogens is 211 g/mol. The van der Waals surface area contributed by atoms with Crippen molar-refractivity contribution in [1.29, 1.82) is 0 Å². The molecule has 2 aliphatic rings. The Morgan fingerprint density at radius 3 is 2.62 bits per heavy atom. The lowest BCUT2D eigenvalue weighted by atomic mass is 9.75. The van der Waals surface area contributed by atoms with Crippen LogP contribution in [0.3, 0.4) is 0 Å². The zero-order valence-electron chi connectivity index (χ0n) is 9.87. The summed E-state index contributed by atoms with van der Waals surface area (Å²) in [5.74, 6) is 2.38. The van der Waals surface area contributed by atoms with Crippen LogP contribution < -0.4 is 10.4 Å². The van der Waals surface area contributed by atoms with Gasteiger partial charge in [-0.15, -0.1) is 0 Å². The van der Waals surface area contributed by atoms with Gasteiger partial charge in [-0.3, -0.25) is 0 Å². The van der Waals surface area contributed by atoms with Crippen LogP contribution in [0.5, 0.6) is 0 Å². The van der Waals surface area contributed by atoms with Crippen LogP contribution in [0.25, 0.3) is 11.1 Å². The molecule has 1 heterocycles. The molecule has 1 fully saturated rings. The van der Waals surface area contributed by atoms with E-state index in [1.807, 2.05) is 0 Å². The normalized spacial score (nSPS) is 24.2. The standard InChI is InChI=1S/C15H18P/c1-15(9-5-2-6-10-15)14-13-8-4-3-7-12(13)11-16-14/h3-4,7-8,11H,2,5-6,9-10H2,1H3. The van der Waals surface area contributed by atoms with Crippen LogP contribution in [0, 0.1) is 5.41 Å². The van der Waals surface area contributed by atoms with Gasteiger partial charge in [-0.05, 0) is 48.4 Å². The Balaban J connectivity index is 2.13. The van der Waals surface area contributed by atoms with E-state index in [-0.39, 0.29) is 0 Å². The van der Waals surface area contributed by atoms with Crippen molar-refractivity contribution in [2.45, 2.75) is 39.0 Å². The van der Waals surface area contributed by atoms with Gasteiger partial charge in [0.2, 0.25) is 0 Å². The fourth-order valence-electron chi connectivity index (χ4n) is 3.08. The molecule has 0 N–H and O–H groups in total.